The lowest BCUT2D eigenvalue weighted by atomic mass is 9.80. The van der Waals surface area contributed by atoms with Crippen molar-refractivity contribution >= 4 is 33.6 Å². The SMILES string of the molecule is CC(=O)N1c2ccc(Br)cc2[C@H](NC(=O)OCc2ccccc2)[C@H](C)[C@@H]1C1CC1. The van der Waals surface area contributed by atoms with E-state index in [1.807, 2.05) is 53.4 Å². The van der Waals surface area contributed by atoms with Gasteiger partial charge in [-0.1, -0.05) is 53.2 Å². The van der Waals surface area contributed by atoms with Crippen molar-refractivity contribution in [2.24, 2.45) is 11.8 Å². The number of halogens is 1. The number of amides is 2. The zero-order chi connectivity index (χ0) is 20.5. The third kappa shape index (κ3) is 4.17. The van der Waals surface area contributed by atoms with Crippen molar-refractivity contribution in [1.82, 2.24) is 5.32 Å². The number of nitrogens with one attached hydrogen (secondary N) is 1. The van der Waals surface area contributed by atoms with Crippen LogP contribution in [0, 0.1) is 11.8 Å². The zero-order valence-electron chi connectivity index (χ0n) is 16.6. The van der Waals surface area contributed by atoms with Gasteiger partial charge in [0.1, 0.15) is 6.61 Å². The van der Waals surface area contributed by atoms with Crippen molar-refractivity contribution in [2.75, 3.05) is 4.90 Å². The lowest BCUT2D eigenvalue weighted by Crippen LogP contribution is -2.53. The molecule has 2 aromatic carbocycles. The summed E-state index contributed by atoms with van der Waals surface area (Å²) in [6.45, 7) is 3.96. The molecule has 152 valence electrons. The van der Waals surface area contributed by atoms with Crippen LogP contribution in [0.2, 0.25) is 0 Å². The number of nitrogens with zero attached hydrogens (tertiary/aromatic N) is 1. The second-order valence-electron chi connectivity index (χ2n) is 7.96. The van der Waals surface area contributed by atoms with Gasteiger partial charge in [0.2, 0.25) is 5.91 Å². The third-order valence-electron chi connectivity index (χ3n) is 5.88. The zero-order valence-corrected chi connectivity index (χ0v) is 18.2. The highest BCUT2D eigenvalue weighted by atomic mass is 79.9. The minimum absolute atomic E-state index is 0.0439. The second kappa shape index (κ2) is 8.19. The number of alkyl carbamates (subject to hydrolysis) is 1. The summed E-state index contributed by atoms with van der Waals surface area (Å²) in [5, 5.41) is 3.07. The molecule has 2 amide bonds. The van der Waals surface area contributed by atoms with E-state index in [-0.39, 0.29) is 30.5 Å². The molecule has 1 heterocycles. The molecule has 0 bridgehead atoms. The molecular weight excluding hydrogens is 432 g/mol. The van der Waals surface area contributed by atoms with Crippen molar-refractivity contribution in [3.05, 3.63) is 64.1 Å². The largest absolute Gasteiger partial charge is 0.445 e. The molecule has 2 aliphatic rings. The Bertz CT molecular complexity index is 914. The number of rotatable bonds is 4. The molecule has 5 nitrogen and oxygen atoms in total. The van der Waals surface area contributed by atoms with E-state index in [1.54, 1.807) is 6.92 Å². The first-order valence-corrected chi connectivity index (χ1v) is 10.8. The van der Waals surface area contributed by atoms with Gasteiger partial charge in [0.15, 0.2) is 0 Å². The van der Waals surface area contributed by atoms with E-state index in [0.29, 0.717) is 5.92 Å². The lowest BCUT2D eigenvalue weighted by molar-refractivity contribution is -0.117. The Morgan fingerprint density at radius 3 is 2.55 bits per heavy atom. The van der Waals surface area contributed by atoms with Gasteiger partial charge >= 0.3 is 6.09 Å². The molecule has 1 N–H and O–H groups in total. The molecule has 1 fully saturated rings. The van der Waals surface area contributed by atoms with Crippen LogP contribution in [0.4, 0.5) is 10.5 Å². The molecule has 0 radical (unpaired) electrons. The van der Waals surface area contributed by atoms with Gasteiger partial charge in [0.05, 0.1) is 6.04 Å². The lowest BCUT2D eigenvalue weighted by Gasteiger charge is -2.45. The summed E-state index contributed by atoms with van der Waals surface area (Å²) in [5.41, 5.74) is 2.76. The molecule has 0 saturated heterocycles. The normalized spacial score (nSPS) is 23.3. The highest BCUT2D eigenvalue weighted by Gasteiger charge is 2.48. The Labute approximate surface area is 179 Å². The first-order chi connectivity index (χ1) is 14.0. The fraction of sp³-hybridized carbons (Fsp3) is 0.391. The summed E-state index contributed by atoms with van der Waals surface area (Å²) in [4.78, 5) is 27.1. The molecule has 0 unspecified atom stereocenters. The van der Waals surface area contributed by atoms with Crippen molar-refractivity contribution in [3.63, 3.8) is 0 Å². The second-order valence-corrected chi connectivity index (χ2v) is 8.88. The quantitative estimate of drug-likeness (QED) is 0.687. The topological polar surface area (TPSA) is 58.6 Å². The van der Waals surface area contributed by atoms with Crippen LogP contribution >= 0.6 is 15.9 Å². The van der Waals surface area contributed by atoms with E-state index in [0.717, 1.165) is 34.1 Å². The highest BCUT2D eigenvalue weighted by Crippen LogP contribution is 2.49. The van der Waals surface area contributed by atoms with Gasteiger partial charge in [-0.3, -0.25) is 4.79 Å². The highest BCUT2D eigenvalue weighted by molar-refractivity contribution is 9.10. The van der Waals surface area contributed by atoms with Crippen LogP contribution in [0.1, 0.15) is 43.9 Å². The average Bonchev–Trinajstić information content (AvgIpc) is 3.53. The van der Waals surface area contributed by atoms with Crippen molar-refractivity contribution in [1.29, 1.82) is 0 Å². The number of hydrogen-bond acceptors (Lipinski definition) is 3. The Hall–Kier alpha value is -2.34. The molecule has 0 spiro atoms. The van der Waals surface area contributed by atoms with Gasteiger partial charge in [0, 0.05) is 29.0 Å². The molecule has 1 aliphatic carbocycles. The van der Waals surface area contributed by atoms with Crippen LogP contribution in [-0.4, -0.2) is 18.0 Å². The molecule has 1 saturated carbocycles. The van der Waals surface area contributed by atoms with Crippen LogP contribution < -0.4 is 10.2 Å². The van der Waals surface area contributed by atoms with Crippen LogP contribution in [0.5, 0.6) is 0 Å². The molecule has 29 heavy (non-hydrogen) atoms. The smallest absolute Gasteiger partial charge is 0.407 e. The molecular formula is C23H25BrN2O3. The Balaban J connectivity index is 1.59. The molecule has 4 rings (SSSR count). The van der Waals surface area contributed by atoms with Gasteiger partial charge in [-0.05, 0) is 48.1 Å². The van der Waals surface area contributed by atoms with E-state index in [9.17, 15) is 9.59 Å². The molecule has 0 aromatic heterocycles. The van der Waals surface area contributed by atoms with Gasteiger partial charge in [-0.2, -0.15) is 0 Å². The van der Waals surface area contributed by atoms with E-state index >= 15 is 0 Å². The summed E-state index contributed by atoms with van der Waals surface area (Å²) in [5.74, 6) is 0.607. The first-order valence-electron chi connectivity index (χ1n) is 10.0. The average molecular weight is 457 g/mol. The number of fused-ring (bicyclic) bond motifs is 1. The number of carbonyl (C=O) groups is 2. The Morgan fingerprint density at radius 2 is 1.90 bits per heavy atom. The number of carbonyl (C=O) groups excluding carboxylic acids is 2. The van der Waals surface area contributed by atoms with E-state index in [1.165, 1.54) is 0 Å². The number of benzene rings is 2. The van der Waals surface area contributed by atoms with Gasteiger partial charge in [-0.25, -0.2) is 4.79 Å². The summed E-state index contributed by atoms with van der Waals surface area (Å²) in [6, 6.07) is 15.4. The van der Waals surface area contributed by atoms with Crippen LogP contribution in [0.3, 0.4) is 0 Å². The van der Waals surface area contributed by atoms with Crippen LogP contribution in [0.15, 0.2) is 53.0 Å². The maximum absolute atomic E-state index is 12.6. The van der Waals surface area contributed by atoms with E-state index in [4.69, 9.17) is 4.74 Å². The summed E-state index contributed by atoms with van der Waals surface area (Å²) < 4.78 is 6.39. The maximum Gasteiger partial charge on any atom is 0.407 e. The van der Waals surface area contributed by atoms with E-state index in [2.05, 4.69) is 28.2 Å². The minimum atomic E-state index is -0.442. The third-order valence-corrected chi connectivity index (χ3v) is 6.37. The number of hydrogen-bond donors (Lipinski definition) is 1. The summed E-state index contributed by atoms with van der Waals surface area (Å²) in [6.07, 6.45) is 1.80. The Morgan fingerprint density at radius 1 is 1.17 bits per heavy atom. The first kappa shape index (κ1) is 20.0. The predicted octanol–water partition coefficient (Wildman–Crippen LogP) is 5.20. The van der Waals surface area contributed by atoms with Crippen molar-refractivity contribution < 1.29 is 14.3 Å². The van der Waals surface area contributed by atoms with Gasteiger partial charge in [0.25, 0.3) is 0 Å². The van der Waals surface area contributed by atoms with Crippen molar-refractivity contribution in [3.8, 4) is 0 Å². The van der Waals surface area contributed by atoms with Gasteiger partial charge in [-0.15, -0.1) is 0 Å². The standard InChI is InChI=1S/C23H25BrN2O3/c1-14-21(25-23(28)29-13-16-6-4-3-5-7-16)19-12-18(24)10-11-20(19)26(15(2)27)22(14)17-8-9-17/h3-7,10-12,14,17,21-22H,8-9,13H2,1-2H3,(H,25,28)/t14-,21+,22+/m0/s1. The Kier molecular flexibility index (Phi) is 5.63. The predicted molar refractivity (Wildman–Crippen MR) is 115 cm³/mol. The number of anilines is 1. The fourth-order valence-corrected chi connectivity index (χ4v) is 4.81. The van der Waals surface area contributed by atoms with E-state index < -0.39 is 6.09 Å². The fourth-order valence-electron chi connectivity index (χ4n) is 4.43. The molecule has 6 heteroatoms. The van der Waals surface area contributed by atoms with Crippen molar-refractivity contribution in [2.45, 2.75) is 45.4 Å². The van der Waals surface area contributed by atoms with Gasteiger partial charge < -0.3 is 15.0 Å². The van der Waals surface area contributed by atoms with Crippen LogP contribution in [-0.2, 0) is 16.1 Å². The van der Waals surface area contributed by atoms with Crippen LogP contribution in [0.25, 0.3) is 0 Å². The monoisotopic (exact) mass is 456 g/mol. The summed E-state index contributed by atoms with van der Waals surface area (Å²) >= 11 is 3.53. The molecule has 3 atom stereocenters. The molecule has 2 aromatic rings. The summed E-state index contributed by atoms with van der Waals surface area (Å²) in [7, 11) is 0. The minimum Gasteiger partial charge on any atom is -0.445 e. The maximum atomic E-state index is 12.6. The number of ether oxygens (including phenoxy) is 1. The molecule has 1 aliphatic heterocycles.